The fourth-order valence-corrected chi connectivity index (χ4v) is 9.64. The molecule has 0 aromatic carbocycles. The predicted octanol–water partition coefficient (Wildman–Crippen LogP) is 2.66. The van der Waals surface area contributed by atoms with Crippen LogP contribution >= 0.6 is 0 Å². The van der Waals surface area contributed by atoms with Gasteiger partial charge >= 0.3 is 5.97 Å². The monoisotopic (exact) mass is 834 g/mol. The maximum atomic E-state index is 14.4. The van der Waals surface area contributed by atoms with Crippen molar-refractivity contribution in [3.63, 3.8) is 0 Å². The molecule has 0 aliphatic carbocycles. The Bertz CT molecular complexity index is 1280. The van der Waals surface area contributed by atoms with E-state index in [1.54, 1.807) is 41.7 Å². The number of carbonyl (C=O) groups excluding carboxylic acids is 1. The molecule has 0 spiro atoms. The lowest BCUT2D eigenvalue weighted by molar-refractivity contribution is -0.339. The normalized spacial score (nSPS) is 46.8. The van der Waals surface area contributed by atoms with Crippen molar-refractivity contribution < 1.29 is 58.7 Å². The molecule has 0 aromatic rings. The van der Waals surface area contributed by atoms with Gasteiger partial charge in [0, 0.05) is 38.1 Å². The lowest BCUT2D eigenvalue weighted by Crippen LogP contribution is -2.70. The quantitative estimate of drug-likeness (QED) is 0.157. The minimum atomic E-state index is -1.82. The van der Waals surface area contributed by atoms with E-state index in [4.69, 9.17) is 28.4 Å². The zero-order valence-electron chi connectivity index (χ0n) is 38.4. The Hall–Kier alpha value is -1.05. The maximum absolute atomic E-state index is 14.4. The standard InChI is InChI=1S/C43H83N3O12/c1-16-18-19-46(14)24-43(52)30(8)55-33(22-41(43,10)53-15)57-35-27(5)37(58-39-34(47)31(45(12)13)20-26(4)54-39)40(9,50)21-25(3)23-44-29(7)36(48)42(11,51)32(17-2)56-38(49)28(35)6/h25-37,39,44,47-48,50-52H,16-24H2,1-15H3/t25-,26-,27+,28-,29-,30+,31+,32-,33+,34-,35+,36-,37-,39+,40+,41-,42-,43-/m1/s1. The van der Waals surface area contributed by atoms with E-state index in [-0.39, 0.29) is 37.3 Å². The summed E-state index contributed by atoms with van der Waals surface area (Å²) in [5.41, 5.74) is -5.95. The van der Waals surface area contributed by atoms with Gasteiger partial charge in [0.2, 0.25) is 0 Å². The molecule has 3 saturated heterocycles. The van der Waals surface area contributed by atoms with Crippen LogP contribution in [-0.2, 0) is 33.2 Å². The van der Waals surface area contributed by atoms with Gasteiger partial charge in [-0.25, -0.2) is 0 Å². The number of aliphatic hydroxyl groups is 5. The molecular formula is C43H83N3O12. The van der Waals surface area contributed by atoms with Crippen LogP contribution in [0.25, 0.3) is 0 Å². The molecule has 6 N–H and O–H groups in total. The molecule has 0 aromatic heterocycles. The molecule has 18 atom stereocenters. The molecule has 3 heterocycles. The second-order valence-corrected chi connectivity index (χ2v) is 19.1. The van der Waals surface area contributed by atoms with E-state index in [0.717, 1.165) is 19.4 Å². The van der Waals surface area contributed by atoms with Gasteiger partial charge in [0.1, 0.15) is 35.1 Å². The van der Waals surface area contributed by atoms with Gasteiger partial charge in [-0.15, -0.1) is 0 Å². The second kappa shape index (κ2) is 20.9. The van der Waals surface area contributed by atoms with Crippen LogP contribution < -0.4 is 5.32 Å². The largest absolute Gasteiger partial charge is 0.459 e. The van der Waals surface area contributed by atoms with E-state index < -0.39 is 95.5 Å². The number of likely N-dealkylation sites (N-methyl/N-ethyl adjacent to an activating group) is 2. The van der Waals surface area contributed by atoms with Crippen molar-refractivity contribution in [1.29, 1.82) is 0 Å². The molecular weight excluding hydrogens is 750 g/mol. The van der Waals surface area contributed by atoms with Crippen LogP contribution in [0.4, 0.5) is 0 Å². The lowest BCUT2D eigenvalue weighted by atomic mass is 9.75. The summed E-state index contributed by atoms with van der Waals surface area (Å²) in [4.78, 5) is 18.4. The van der Waals surface area contributed by atoms with Crippen LogP contribution in [0.2, 0.25) is 0 Å². The van der Waals surface area contributed by atoms with Crippen molar-refractivity contribution in [3.8, 4) is 0 Å². The van der Waals surface area contributed by atoms with Gasteiger partial charge in [0.25, 0.3) is 0 Å². The molecule has 3 rings (SSSR count). The number of hydrogen-bond acceptors (Lipinski definition) is 15. The molecule has 58 heavy (non-hydrogen) atoms. The Kier molecular flexibility index (Phi) is 18.5. The number of ether oxygens (including phenoxy) is 6. The molecule has 0 amide bonds. The molecule has 342 valence electrons. The summed E-state index contributed by atoms with van der Waals surface area (Å²) in [7, 11) is 7.29. The van der Waals surface area contributed by atoms with Gasteiger partial charge in [0.15, 0.2) is 12.6 Å². The lowest BCUT2D eigenvalue weighted by Gasteiger charge is -2.54. The third kappa shape index (κ3) is 11.7. The van der Waals surface area contributed by atoms with Crippen molar-refractivity contribution in [2.75, 3.05) is 47.9 Å². The summed E-state index contributed by atoms with van der Waals surface area (Å²) in [6, 6.07) is -0.878. The number of nitrogens with zero attached hydrogens (tertiary/aromatic N) is 2. The average molecular weight is 834 g/mol. The number of carbonyl (C=O) groups is 1. The van der Waals surface area contributed by atoms with E-state index in [9.17, 15) is 30.3 Å². The van der Waals surface area contributed by atoms with Gasteiger partial charge in [-0.2, -0.15) is 0 Å². The van der Waals surface area contributed by atoms with Crippen LogP contribution in [0, 0.1) is 17.8 Å². The second-order valence-electron chi connectivity index (χ2n) is 19.1. The fraction of sp³-hybridized carbons (Fsp3) is 0.977. The van der Waals surface area contributed by atoms with Crippen molar-refractivity contribution in [3.05, 3.63) is 0 Å². The van der Waals surface area contributed by atoms with Gasteiger partial charge < -0.3 is 69.1 Å². The number of methoxy groups -OCH3 is 1. The van der Waals surface area contributed by atoms with Crippen molar-refractivity contribution in [1.82, 2.24) is 15.1 Å². The van der Waals surface area contributed by atoms with Crippen molar-refractivity contribution in [2.45, 2.75) is 204 Å². The molecule has 0 bridgehead atoms. The minimum Gasteiger partial charge on any atom is -0.459 e. The molecule has 3 fully saturated rings. The summed E-state index contributed by atoms with van der Waals surface area (Å²) < 4.78 is 38.6. The van der Waals surface area contributed by atoms with E-state index in [0.29, 0.717) is 19.5 Å². The molecule has 3 aliphatic rings. The molecule has 15 heteroatoms. The van der Waals surface area contributed by atoms with Gasteiger partial charge in [-0.1, -0.05) is 34.1 Å². The Morgan fingerprint density at radius 1 is 0.931 bits per heavy atom. The van der Waals surface area contributed by atoms with E-state index in [1.807, 2.05) is 53.7 Å². The van der Waals surface area contributed by atoms with Crippen LogP contribution in [-0.4, -0.2) is 179 Å². The molecule has 15 nitrogen and oxygen atoms in total. The summed E-state index contributed by atoms with van der Waals surface area (Å²) in [5, 5.41) is 62.9. The highest BCUT2D eigenvalue weighted by molar-refractivity contribution is 5.73. The van der Waals surface area contributed by atoms with Crippen LogP contribution in [0.5, 0.6) is 0 Å². The van der Waals surface area contributed by atoms with E-state index in [1.165, 1.54) is 6.92 Å². The SMILES string of the molecule is CCCCN(C)C[C@@]1(O)[C@H](C)O[C@@H](O[C@H]2[C@H](C)[C@@H](O[C@@H]3O[C@H](C)C[C@H](N(C)C)[C@H]3O)[C@@](C)(O)C[C@@H](C)CN[C@H](C)[C@@H](O)[C@](C)(O)[C@@H](CC)OC(=O)[C@@H]2C)C[C@@]1(C)OC. The van der Waals surface area contributed by atoms with E-state index >= 15 is 0 Å². The van der Waals surface area contributed by atoms with Crippen molar-refractivity contribution in [2.24, 2.45) is 17.8 Å². The number of hydrogen-bond donors (Lipinski definition) is 6. The Morgan fingerprint density at radius 2 is 1.57 bits per heavy atom. The first-order valence-corrected chi connectivity index (χ1v) is 21.8. The smallest absolute Gasteiger partial charge is 0.311 e. The van der Waals surface area contributed by atoms with E-state index in [2.05, 4.69) is 17.1 Å². The topological polar surface area (TPSA) is 192 Å². The Morgan fingerprint density at radius 3 is 2.14 bits per heavy atom. The third-order valence-electron chi connectivity index (χ3n) is 13.6. The molecule has 0 unspecified atom stereocenters. The van der Waals surface area contributed by atoms with Crippen LogP contribution in [0.3, 0.4) is 0 Å². The maximum Gasteiger partial charge on any atom is 0.311 e. The first kappa shape index (κ1) is 51.3. The summed E-state index contributed by atoms with van der Waals surface area (Å²) in [6.45, 7) is 21.2. The zero-order valence-corrected chi connectivity index (χ0v) is 38.4. The summed E-state index contributed by atoms with van der Waals surface area (Å²) >= 11 is 0. The summed E-state index contributed by atoms with van der Waals surface area (Å²) in [5.74, 6) is -2.66. The minimum absolute atomic E-state index is 0.102. The van der Waals surface area contributed by atoms with Crippen LogP contribution in [0.15, 0.2) is 0 Å². The highest BCUT2D eigenvalue weighted by atomic mass is 16.7. The average Bonchev–Trinajstić information content (AvgIpc) is 3.14. The zero-order chi connectivity index (χ0) is 44.1. The first-order valence-electron chi connectivity index (χ1n) is 21.8. The first-order chi connectivity index (χ1) is 26.8. The number of nitrogens with one attached hydrogen (secondary N) is 1. The third-order valence-corrected chi connectivity index (χ3v) is 13.6. The molecule has 0 saturated carbocycles. The molecule has 0 radical (unpaired) electrons. The number of aliphatic hydroxyl groups excluding tert-OH is 2. The highest BCUT2D eigenvalue weighted by Crippen LogP contribution is 2.43. The Balaban J connectivity index is 2.16. The van der Waals surface area contributed by atoms with Crippen molar-refractivity contribution >= 4 is 5.97 Å². The number of unbranched alkanes of at least 4 members (excludes halogenated alkanes) is 1. The highest BCUT2D eigenvalue weighted by Gasteiger charge is 2.59. The van der Waals surface area contributed by atoms with Gasteiger partial charge in [-0.05, 0) is 114 Å². The number of rotatable bonds is 12. The van der Waals surface area contributed by atoms with Crippen LogP contribution in [0.1, 0.15) is 115 Å². The number of esters is 1. The summed E-state index contributed by atoms with van der Waals surface area (Å²) in [6.07, 6.45) is -5.59. The number of cyclic esters (lactones) is 1. The van der Waals surface area contributed by atoms with Gasteiger partial charge in [0.05, 0.1) is 35.9 Å². The Labute approximate surface area is 349 Å². The fourth-order valence-electron chi connectivity index (χ4n) is 9.64. The molecule has 3 aliphatic heterocycles. The van der Waals surface area contributed by atoms with Gasteiger partial charge in [-0.3, -0.25) is 4.79 Å². The predicted molar refractivity (Wildman–Crippen MR) is 221 cm³/mol.